The average Bonchev–Trinajstić information content (AvgIpc) is 3.36. The zero-order valence-corrected chi connectivity index (χ0v) is 16.8. The number of thioether (sulfide) groups is 1. The molecule has 0 spiro atoms. The lowest BCUT2D eigenvalue weighted by Crippen LogP contribution is -2.16. The summed E-state index contributed by atoms with van der Waals surface area (Å²) in [4.78, 5) is 27.9. The Bertz CT molecular complexity index is 935. The van der Waals surface area contributed by atoms with E-state index in [1.165, 1.54) is 36.5 Å². The highest BCUT2D eigenvalue weighted by molar-refractivity contribution is 8.00. The number of thiazole rings is 1. The van der Waals surface area contributed by atoms with Crippen molar-refractivity contribution in [1.82, 2.24) is 15.0 Å². The number of nitrogens with zero attached hydrogens (tertiary/aromatic N) is 4. The van der Waals surface area contributed by atoms with E-state index in [0.717, 1.165) is 45.7 Å². The van der Waals surface area contributed by atoms with Crippen LogP contribution < -0.4 is 10.2 Å². The Morgan fingerprint density at radius 1 is 1.22 bits per heavy atom. The van der Waals surface area contributed by atoms with Gasteiger partial charge in [-0.3, -0.25) is 4.79 Å². The Morgan fingerprint density at radius 3 is 2.74 bits per heavy atom. The number of carbonyl (C=O) groups excluding carboxylic acids is 1. The Balaban J connectivity index is 1.42. The normalized spacial score (nSPS) is 14.0. The summed E-state index contributed by atoms with van der Waals surface area (Å²) in [6.45, 7) is 4.21. The molecule has 1 fully saturated rings. The van der Waals surface area contributed by atoms with E-state index in [0.29, 0.717) is 5.75 Å². The van der Waals surface area contributed by atoms with Gasteiger partial charge in [0.25, 0.3) is 0 Å². The Hall–Kier alpha value is -2.19. The van der Waals surface area contributed by atoms with Crippen molar-refractivity contribution in [3.63, 3.8) is 0 Å². The second-order valence-corrected chi connectivity index (χ2v) is 8.35. The molecule has 3 heterocycles. The monoisotopic (exact) mass is 399 g/mol. The van der Waals surface area contributed by atoms with Crippen molar-refractivity contribution in [2.24, 2.45) is 0 Å². The van der Waals surface area contributed by atoms with Gasteiger partial charge in [0, 0.05) is 18.8 Å². The van der Waals surface area contributed by atoms with Crippen molar-refractivity contribution in [3.05, 3.63) is 36.2 Å². The van der Waals surface area contributed by atoms with Gasteiger partial charge in [0.15, 0.2) is 10.8 Å². The molecule has 0 unspecified atom stereocenters. The highest BCUT2D eigenvalue weighted by atomic mass is 32.2. The number of hydrogen-bond acceptors (Lipinski definition) is 7. The molecule has 0 atom stereocenters. The summed E-state index contributed by atoms with van der Waals surface area (Å²) in [6.07, 6.45) is 4.94. The zero-order valence-electron chi connectivity index (χ0n) is 15.1. The third-order valence-corrected chi connectivity index (χ3v) is 6.74. The van der Waals surface area contributed by atoms with Gasteiger partial charge in [-0.2, -0.15) is 4.98 Å². The third-order valence-electron chi connectivity index (χ3n) is 4.51. The smallest absolute Gasteiger partial charge is 0.234 e. The summed E-state index contributed by atoms with van der Waals surface area (Å²) in [6, 6.07) is 7.95. The van der Waals surface area contributed by atoms with Crippen molar-refractivity contribution in [2.45, 2.75) is 31.2 Å². The first kappa shape index (κ1) is 18.2. The molecule has 8 heteroatoms. The molecule has 1 saturated heterocycles. The van der Waals surface area contributed by atoms with Crippen LogP contribution in [-0.4, -0.2) is 39.7 Å². The van der Waals surface area contributed by atoms with Gasteiger partial charge in [-0.15, -0.1) is 0 Å². The van der Waals surface area contributed by atoms with Crippen molar-refractivity contribution in [3.8, 4) is 0 Å². The van der Waals surface area contributed by atoms with E-state index in [-0.39, 0.29) is 5.91 Å². The molecule has 4 rings (SSSR count). The quantitative estimate of drug-likeness (QED) is 0.499. The van der Waals surface area contributed by atoms with E-state index in [9.17, 15) is 4.79 Å². The summed E-state index contributed by atoms with van der Waals surface area (Å²) in [5.41, 5.74) is 2.79. The molecule has 1 aliphatic heterocycles. The molecule has 140 valence electrons. The minimum absolute atomic E-state index is 0.0414. The first-order valence-corrected chi connectivity index (χ1v) is 10.9. The third kappa shape index (κ3) is 4.22. The highest BCUT2D eigenvalue weighted by Gasteiger charge is 2.19. The minimum atomic E-state index is -0.0414. The summed E-state index contributed by atoms with van der Waals surface area (Å²) >= 11 is 3.05. The van der Waals surface area contributed by atoms with E-state index in [1.54, 1.807) is 11.3 Å². The van der Waals surface area contributed by atoms with E-state index < -0.39 is 0 Å². The van der Waals surface area contributed by atoms with Crippen LogP contribution in [0.4, 0.5) is 10.8 Å². The number of nitrogens with one attached hydrogen (secondary N) is 1. The predicted octanol–water partition coefficient (Wildman–Crippen LogP) is 3.98. The number of anilines is 2. The molecule has 1 N–H and O–H groups in total. The first-order chi connectivity index (χ1) is 13.2. The van der Waals surface area contributed by atoms with Gasteiger partial charge in [0.2, 0.25) is 5.91 Å². The van der Waals surface area contributed by atoms with Gasteiger partial charge < -0.3 is 10.2 Å². The molecule has 0 aliphatic carbocycles. The van der Waals surface area contributed by atoms with Crippen LogP contribution in [0.25, 0.3) is 10.3 Å². The molecule has 2 aromatic heterocycles. The topological polar surface area (TPSA) is 71.0 Å². The van der Waals surface area contributed by atoms with Gasteiger partial charge in [0.05, 0.1) is 5.75 Å². The fourth-order valence-electron chi connectivity index (χ4n) is 3.02. The number of carbonyl (C=O) groups is 1. The number of benzene rings is 1. The SMILES string of the molecule is CCc1ccc(NC(=O)CSc2ncnc3nc(N4CCCC4)sc23)cc1. The van der Waals surface area contributed by atoms with Crippen molar-refractivity contribution in [1.29, 1.82) is 0 Å². The van der Waals surface area contributed by atoms with Crippen LogP contribution >= 0.6 is 23.1 Å². The fourth-order valence-corrected chi connectivity index (χ4v) is 4.97. The molecule has 0 radical (unpaired) electrons. The van der Waals surface area contributed by atoms with E-state index in [4.69, 9.17) is 0 Å². The van der Waals surface area contributed by atoms with E-state index in [2.05, 4.69) is 32.1 Å². The molecule has 27 heavy (non-hydrogen) atoms. The van der Waals surface area contributed by atoms with Crippen molar-refractivity contribution < 1.29 is 4.79 Å². The molecular formula is C19H21N5OS2. The van der Waals surface area contributed by atoms with Gasteiger partial charge in [-0.05, 0) is 37.0 Å². The van der Waals surface area contributed by atoms with Gasteiger partial charge in [-0.1, -0.05) is 42.2 Å². The average molecular weight is 400 g/mol. The molecule has 1 aromatic carbocycles. The number of rotatable bonds is 6. The highest BCUT2D eigenvalue weighted by Crippen LogP contribution is 2.34. The zero-order chi connectivity index (χ0) is 18.6. The molecule has 6 nitrogen and oxygen atoms in total. The molecule has 3 aromatic rings. The summed E-state index contributed by atoms with van der Waals surface area (Å²) in [5, 5.41) is 4.76. The molecular weight excluding hydrogens is 378 g/mol. The van der Waals surface area contributed by atoms with Crippen LogP contribution in [0.15, 0.2) is 35.6 Å². The van der Waals surface area contributed by atoms with Gasteiger partial charge >= 0.3 is 0 Å². The Labute approximate surface area is 166 Å². The van der Waals surface area contributed by atoms with Crippen molar-refractivity contribution >= 4 is 50.2 Å². The van der Waals surface area contributed by atoms with Crippen LogP contribution in [0.1, 0.15) is 25.3 Å². The standard InChI is InChI=1S/C19H21N5OS2/c1-2-13-5-7-14(8-6-13)22-15(25)11-26-18-16-17(20-12-21-18)23-19(27-16)24-9-3-4-10-24/h5-8,12H,2-4,9-11H2,1H3,(H,22,25). The lowest BCUT2D eigenvalue weighted by atomic mass is 10.1. The second kappa shape index (κ2) is 8.22. The molecule has 1 aliphatic rings. The summed E-state index contributed by atoms with van der Waals surface area (Å²) in [7, 11) is 0. The van der Waals surface area contributed by atoms with Crippen LogP contribution in [0.2, 0.25) is 0 Å². The van der Waals surface area contributed by atoms with Crippen LogP contribution in [0.5, 0.6) is 0 Å². The summed E-state index contributed by atoms with van der Waals surface area (Å²) < 4.78 is 0.962. The number of hydrogen-bond donors (Lipinski definition) is 1. The van der Waals surface area contributed by atoms with Gasteiger partial charge in [0.1, 0.15) is 16.1 Å². The summed E-state index contributed by atoms with van der Waals surface area (Å²) in [5.74, 6) is 0.263. The van der Waals surface area contributed by atoms with Crippen LogP contribution in [-0.2, 0) is 11.2 Å². The first-order valence-electron chi connectivity index (χ1n) is 9.11. The lowest BCUT2D eigenvalue weighted by molar-refractivity contribution is -0.113. The fraction of sp³-hybridized carbons (Fsp3) is 0.368. The maximum absolute atomic E-state index is 12.3. The van der Waals surface area contributed by atoms with E-state index in [1.807, 2.05) is 24.3 Å². The number of amides is 1. The van der Waals surface area contributed by atoms with Crippen LogP contribution in [0.3, 0.4) is 0 Å². The minimum Gasteiger partial charge on any atom is -0.348 e. The lowest BCUT2D eigenvalue weighted by Gasteiger charge is -2.11. The van der Waals surface area contributed by atoms with Crippen LogP contribution in [0, 0.1) is 0 Å². The maximum atomic E-state index is 12.3. The number of fused-ring (bicyclic) bond motifs is 1. The molecule has 1 amide bonds. The maximum Gasteiger partial charge on any atom is 0.234 e. The van der Waals surface area contributed by atoms with Gasteiger partial charge in [-0.25, -0.2) is 9.97 Å². The second-order valence-electron chi connectivity index (χ2n) is 6.41. The molecule has 0 saturated carbocycles. The van der Waals surface area contributed by atoms with E-state index >= 15 is 0 Å². The number of aryl methyl sites for hydroxylation is 1. The molecule has 0 bridgehead atoms. The predicted molar refractivity (Wildman–Crippen MR) is 112 cm³/mol. The Kier molecular flexibility index (Phi) is 5.54. The largest absolute Gasteiger partial charge is 0.348 e. The number of aromatic nitrogens is 3. The van der Waals surface area contributed by atoms with Crippen molar-refractivity contribution in [2.75, 3.05) is 29.1 Å². The Morgan fingerprint density at radius 2 is 2.00 bits per heavy atom.